The van der Waals surface area contributed by atoms with Gasteiger partial charge in [-0.05, 0) is 49.5 Å². The van der Waals surface area contributed by atoms with Gasteiger partial charge in [-0.2, -0.15) is 0 Å². The van der Waals surface area contributed by atoms with Crippen LogP contribution in [0.15, 0.2) is 54.7 Å². The van der Waals surface area contributed by atoms with E-state index < -0.39 is 0 Å². The molecule has 1 aromatic heterocycles. The Labute approximate surface area is 126 Å². The highest BCUT2D eigenvalue weighted by Crippen LogP contribution is 2.31. The molecule has 110 valence electrons. The number of rotatable bonds is 4. The maximum absolute atomic E-state index is 5.90. The molecule has 3 nitrogen and oxygen atoms in total. The van der Waals surface area contributed by atoms with E-state index in [0.29, 0.717) is 5.92 Å². The molecule has 3 rings (SSSR count). The molecule has 0 amide bonds. The van der Waals surface area contributed by atoms with Crippen LogP contribution in [-0.2, 0) is 0 Å². The summed E-state index contributed by atoms with van der Waals surface area (Å²) in [5.41, 5.74) is 8.34. The molecule has 1 aliphatic heterocycles. The molecule has 1 aromatic carbocycles. The van der Waals surface area contributed by atoms with E-state index in [1.807, 2.05) is 12.3 Å². The summed E-state index contributed by atoms with van der Waals surface area (Å²) in [6.07, 6.45) is 4.35. The summed E-state index contributed by atoms with van der Waals surface area (Å²) < 4.78 is 0. The van der Waals surface area contributed by atoms with Crippen LogP contribution < -0.4 is 5.73 Å². The molecule has 2 aromatic rings. The Balaban J connectivity index is 1.93. The van der Waals surface area contributed by atoms with Crippen molar-refractivity contribution >= 4 is 0 Å². The van der Waals surface area contributed by atoms with Gasteiger partial charge in [0.05, 0.1) is 11.7 Å². The third-order valence-corrected chi connectivity index (χ3v) is 4.33. The monoisotopic (exact) mass is 281 g/mol. The van der Waals surface area contributed by atoms with Crippen molar-refractivity contribution in [1.82, 2.24) is 9.88 Å². The summed E-state index contributed by atoms with van der Waals surface area (Å²) in [5, 5.41) is 0. The number of likely N-dealkylation sites (tertiary alicyclic amines) is 1. The van der Waals surface area contributed by atoms with Gasteiger partial charge in [0.1, 0.15) is 0 Å². The van der Waals surface area contributed by atoms with Gasteiger partial charge in [0.2, 0.25) is 0 Å². The molecular weight excluding hydrogens is 258 g/mol. The number of hydrogen-bond donors (Lipinski definition) is 1. The Morgan fingerprint density at radius 1 is 1.14 bits per heavy atom. The predicted molar refractivity (Wildman–Crippen MR) is 85.9 cm³/mol. The first kappa shape index (κ1) is 14.2. The van der Waals surface area contributed by atoms with E-state index in [1.165, 1.54) is 18.4 Å². The summed E-state index contributed by atoms with van der Waals surface area (Å²) in [6, 6.07) is 17.1. The third-order valence-electron chi connectivity index (χ3n) is 4.33. The van der Waals surface area contributed by atoms with Crippen molar-refractivity contribution < 1.29 is 0 Å². The summed E-state index contributed by atoms with van der Waals surface area (Å²) in [6.45, 7) is 2.96. The number of nitrogens with two attached hydrogens (primary N) is 1. The van der Waals surface area contributed by atoms with Crippen molar-refractivity contribution in [1.29, 1.82) is 0 Å². The number of nitrogens with zero attached hydrogens (tertiary/aromatic N) is 2. The minimum Gasteiger partial charge on any atom is -0.330 e. The Morgan fingerprint density at radius 2 is 1.95 bits per heavy atom. The minimum absolute atomic E-state index is 0.238. The molecule has 0 aliphatic carbocycles. The molecule has 21 heavy (non-hydrogen) atoms. The minimum atomic E-state index is 0.238. The van der Waals surface area contributed by atoms with Gasteiger partial charge in [0, 0.05) is 12.7 Å². The maximum atomic E-state index is 5.90. The number of benzene rings is 1. The van der Waals surface area contributed by atoms with Crippen molar-refractivity contribution in [2.75, 3.05) is 19.6 Å². The lowest BCUT2D eigenvalue weighted by Gasteiger charge is -2.38. The molecule has 0 saturated carbocycles. The van der Waals surface area contributed by atoms with Crippen molar-refractivity contribution in [3.63, 3.8) is 0 Å². The fraction of sp³-hybridized carbons (Fsp3) is 0.389. The lowest BCUT2D eigenvalue weighted by Crippen LogP contribution is -2.41. The maximum Gasteiger partial charge on any atom is 0.0776 e. The second kappa shape index (κ2) is 6.83. The Morgan fingerprint density at radius 3 is 2.67 bits per heavy atom. The molecule has 1 aliphatic rings. The summed E-state index contributed by atoms with van der Waals surface area (Å²) in [4.78, 5) is 7.15. The molecule has 3 heteroatoms. The third kappa shape index (κ3) is 3.31. The van der Waals surface area contributed by atoms with E-state index >= 15 is 0 Å². The molecule has 0 spiro atoms. The molecule has 2 heterocycles. The quantitative estimate of drug-likeness (QED) is 0.937. The van der Waals surface area contributed by atoms with Crippen LogP contribution in [-0.4, -0.2) is 29.5 Å². The standard InChI is InChI=1S/C18H23N3/c19-13-15-7-6-12-21(14-15)18(16-8-2-1-3-9-16)17-10-4-5-11-20-17/h1-5,8-11,15,18H,6-7,12-14,19H2. The summed E-state index contributed by atoms with van der Waals surface area (Å²) in [7, 11) is 0. The predicted octanol–water partition coefficient (Wildman–Crippen LogP) is 2.84. The average Bonchev–Trinajstić information content (AvgIpc) is 2.57. The highest BCUT2D eigenvalue weighted by molar-refractivity contribution is 5.28. The molecule has 0 radical (unpaired) electrons. The lowest BCUT2D eigenvalue weighted by molar-refractivity contribution is 0.142. The van der Waals surface area contributed by atoms with E-state index in [4.69, 9.17) is 5.73 Å². The van der Waals surface area contributed by atoms with E-state index in [-0.39, 0.29) is 6.04 Å². The fourth-order valence-corrected chi connectivity index (χ4v) is 3.27. The van der Waals surface area contributed by atoms with Gasteiger partial charge in [0.15, 0.2) is 0 Å². The SMILES string of the molecule is NCC1CCCN(C(c2ccccc2)c2ccccn2)C1. The number of piperidine rings is 1. The topological polar surface area (TPSA) is 42.1 Å². The number of hydrogen-bond acceptors (Lipinski definition) is 3. The molecule has 1 fully saturated rings. The normalized spacial score (nSPS) is 21.1. The molecule has 0 bridgehead atoms. The smallest absolute Gasteiger partial charge is 0.0776 e. The van der Waals surface area contributed by atoms with Crippen LogP contribution in [0.3, 0.4) is 0 Å². The lowest BCUT2D eigenvalue weighted by atomic mass is 9.93. The molecule has 1 saturated heterocycles. The Kier molecular flexibility index (Phi) is 4.63. The second-order valence-corrected chi connectivity index (χ2v) is 5.81. The first-order valence-corrected chi connectivity index (χ1v) is 7.78. The van der Waals surface area contributed by atoms with Gasteiger partial charge < -0.3 is 5.73 Å². The van der Waals surface area contributed by atoms with Crippen molar-refractivity contribution in [3.05, 3.63) is 66.0 Å². The number of aromatic nitrogens is 1. The van der Waals surface area contributed by atoms with Gasteiger partial charge in [-0.1, -0.05) is 36.4 Å². The Hall–Kier alpha value is -1.71. The molecule has 2 unspecified atom stereocenters. The van der Waals surface area contributed by atoms with Crippen LogP contribution in [0.25, 0.3) is 0 Å². The summed E-state index contributed by atoms with van der Waals surface area (Å²) in [5.74, 6) is 0.605. The van der Waals surface area contributed by atoms with Gasteiger partial charge in [-0.15, -0.1) is 0 Å². The van der Waals surface area contributed by atoms with Crippen molar-refractivity contribution in [2.45, 2.75) is 18.9 Å². The zero-order chi connectivity index (χ0) is 14.5. The second-order valence-electron chi connectivity index (χ2n) is 5.81. The van der Waals surface area contributed by atoms with E-state index in [2.05, 4.69) is 52.3 Å². The van der Waals surface area contributed by atoms with Gasteiger partial charge in [-0.3, -0.25) is 9.88 Å². The number of pyridine rings is 1. The fourth-order valence-electron chi connectivity index (χ4n) is 3.27. The van der Waals surface area contributed by atoms with Crippen LogP contribution in [0.4, 0.5) is 0 Å². The van der Waals surface area contributed by atoms with Crippen LogP contribution in [0.1, 0.15) is 30.1 Å². The van der Waals surface area contributed by atoms with E-state index in [9.17, 15) is 0 Å². The van der Waals surface area contributed by atoms with Gasteiger partial charge in [0.25, 0.3) is 0 Å². The highest BCUT2D eigenvalue weighted by Gasteiger charge is 2.28. The zero-order valence-corrected chi connectivity index (χ0v) is 12.4. The van der Waals surface area contributed by atoms with Gasteiger partial charge in [-0.25, -0.2) is 0 Å². The van der Waals surface area contributed by atoms with Crippen molar-refractivity contribution in [3.8, 4) is 0 Å². The first-order chi connectivity index (χ1) is 10.4. The Bertz CT molecular complexity index is 501. The molecule has 2 atom stereocenters. The van der Waals surface area contributed by atoms with Crippen LogP contribution in [0.5, 0.6) is 0 Å². The molecular formula is C18H23N3. The molecule has 2 N–H and O–H groups in total. The first-order valence-electron chi connectivity index (χ1n) is 7.78. The van der Waals surface area contributed by atoms with Crippen LogP contribution in [0, 0.1) is 5.92 Å². The van der Waals surface area contributed by atoms with Gasteiger partial charge >= 0.3 is 0 Å². The van der Waals surface area contributed by atoms with Crippen LogP contribution in [0.2, 0.25) is 0 Å². The average molecular weight is 281 g/mol. The van der Waals surface area contributed by atoms with E-state index in [1.54, 1.807) is 0 Å². The zero-order valence-electron chi connectivity index (χ0n) is 12.4. The highest BCUT2D eigenvalue weighted by atomic mass is 15.2. The van der Waals surface area contributed by atoms with Crippen LogP contribution >= 0.6 is 0 Å². The largest absolute Gasteiger partial charge is 0.330 e. The van der Waals surface area contributed by atoms with E-state index in [0.717, 1.165) is 25.3 Å². The summed E-state index contributed by atoms with van der Waals surface area (Å²) >= 11 is 0. The van der Waals surface area contributed by atoms with Crippen molar-refractivity contribution in [2.24, 2.45) is 11.7 Å².